The third kappa shape index (κ3) is 2.23. The van der Waals surface area contributed by atoms with Gasteiger partial charge >= 0.3 is 5.97 Å². The Hall–Kier alpha value is -1.46. The molecule has 1 fully saturated rings. The molecule has 1 aromatic rings. The van der Waals surface area contributed by atoms with Crippen LogP contribution in [-0.2, 0) is 16.8 Å². The fourth-order valence-electron chi connectivity index (χ4n) is 2.58. The van der Waals surface area contributed by atoms with E-state index in [1.54, 1.807) is 6.92 Å². The van der Waals surface area contributed by atoms with Crippen molar-refractivity contribution in [2.24, 2.45) is 5.92 Å². The van der Waals surface area contributed by atoms with Crippen molar-refractivity contribution in [2.45, 2.75) is 57.9 Å². The zero-order valence-electron chi connectivity index (χ0n) is 11.0. The van der Waals surface area contributed by atoms with Crippen LogP contribution in [0, 0.1) is 5.92 Å². The molecular weight excluding hydrogens is 232 g/mol. The van der Waals surface area contributed by atoms with E-state index in [1.807, 2.05) is 6.92 Å². The summed E-state index contributed by atoms with van der Waals surface area (Å²) in [5.74, 6) is 0.420. The van der Waals surface area contributed by atoms with Gasteiger partial charge in [-0.25, -0.2) is 9.48 Å². The first kappa shape index (κ1) is 13.0. The first-order valence-corrected chi connectivity index (χ1v) is 6.59. The monoisotopic (exact) mass is 252 g/mol. The molecule has 0 saturated heterocycles. The Morgan fingerprint density at radius 3 is 2.72 bits per heavy atom. The quantitative estimate of drug-likeness (QED) is 0.861. The van der Waals surface area contributed by atoms with Crippen LogP contribution >= 0.6 is 0 Å². The summed E-state index contributed by atoms with van der Waals surface area (Å²) in [5.41, 5.74) is -1.04. The van der Waals surface area contributed by atoms with Crippen LogP contribution in [0.25, 0.3) is 0 Å². The summed E-state index contributed by atoms with van der Waals surface area (Å²) < 4.78 is 1.49. The normalized spacial score (nSPS) is 19.9. The van der Waals surface area contributed by atoms with Crippen molar-refractivity contribution >= 4 is 5.97 Å². The number of tetrazole rings is 1. The van der Waals surface area contributed by atoms with Crippen LogP contribution in [0.15, 0.2) is 0 Å². The highest BCUT2D eigenvalue weighted by Crippen LogP contribution is 2.29. The van der Waals surface area contributed by atoms with Gasteiger partial charge in [-0.2, -0.15) is 0 Å². The van der Waals surface area contributed by atoms with Crippen LogP contribution in [0.5, 0.6) is 0 Å². The van der Waals surface area contributed by atoms with Gasteiger partial charge in [0.15, 0.2) is 11.4 Å². The zero-order chi connectivity index (χ0) is 13.2. The van der Waals surface area contributed by atoms with Crippen molar-refractivity contribution in [3.8, 4) is 0 Å². The number of aliphatic carboxylic acids is 1. The van der Waals surface area contributed by atoms with Gasteiger partial charge in [0, 0.05) is 6.42 Å². The molecule has 18 heavy (non-hydrogen) atoms. The third-order valence-electron chi connectivity index (χ3n) is 4.10. The number of nitrogens with zero attached hydrogens (tertiary/aromatic N) is 4. The van der Waals surface area contributed by atoms with E-state index in [1.165, 1.54) is 30.4 Å². The molecule has 100 valence electrons. The van der Waals surface area contributed by atoms with Gasteiger partial charge in [-0.1, -0.05) is 32.6 Å². The van der Waals surface area contributed by atoms with E-state index in [0.29, 0.717) is 18.2 Å². The van der Waals surface area contributed by atoms with Crippen LogP contribution in [0.4, 0.5) is 0 Å². The molecule has 1 unspecified atom stereocenters. The molecule has 1 saturated carbocycles. The fraction of sp³-hybridized carbons (Fsp3) is 0.833. The number of hydrogen-bond acceptors (Lipinski definition) is 4. The average molecular weight is 252 g/mol. The minimum absolute atomic E-state index is 0.463. The van der Waals surface area contributed by atoms with Gasteiger partial charge in [0.1, 0.15) is 0 Å². The van der Waals surface area contributed by atoms with Gasteiger partial charge in [0.05, 0.1) is 0 Å². The lowest BCUT2D eigenvalue weighted by molar-refractivity contribution is -0.147. The van der Waals surface area contributed by atoms with Crippen LogP contribution in [0.2, 0.25) is 0 Å². The predicted octanol–water partition coefficient (Wildman–Crippen LogP) is 1.62. The van der Waals surface area contributed by atoms with E-state index in [2.05, 4.69) is 15.5 Å². The first-order valence-electron chi connectivity index (χ1n) is 6.59. The standard InChI is InChI=1S/C12H20N4O2/c1-3-12(2,11(17)18)16-10(13-14-15-16)8-9-6-4-5-7-9/h9H,3-8H2,1-2H3,(H,17,18). The second-order valence-corrected chi connectivity index (χ2v) is 5.29. The Balaban J connectivity index is 2.23. The average Bonchev–Trinajstić information content (AvgIpc) is 3.00. The van der Waals surface area contributed by atoms with Crippen molar-refractivity contribution in [1.29, 1.82) is 0 Å². The maximum atomic E-state index is 11.4. The molecule has 1 atom stereocenters. The number of carbonyl (C=O) groups is 1. The molecule has 1 aromatic heterocycles. The highest BCUT2D eigenvalue weighted by molar-refractivity contribution is 5.76. The van der Waals surface area contributed by atoms with Crippen molar-refractivity contribution in [2.75, 3.05) is 0 Å². The van der Waals surface area contributed by atoms with Crippen molar-refractivity contribution in [3.05, 3.63) is 5.82 Å². The summed E-state index contributed by atoms with van der Waals surface area (Å²) in [7, 11) is 0. The third-order valence-corrected chi connectivity index (χ3v) is 4.10. The van der Waals surface area contributed by atoms with Gasteiger partial charge in [-0.05, 0) is 29.7 Å². The maximum Gasteiger partial charge on any atom is 0.331 e. The molecule has 0 aromatic carbocycles. The van der Waals surface area contributed by atoms with Crippen LogP contribution < -0.4 is 0 Å². The summed E-state index contributed by atoms with van der Waals surface area (Å²) >= 11 is 0. The number of rotatable bonds is 5. The molecule has 2 rings (SSSR count). The lowest BCUT2D eigenvalue weighted by atomic mass is 9.98. The summed E-state index contributed by atoms with van der Waals surface area (Å²) in [5, 5.41) is 20.9. The summed E-state index contributed by atoms with van der Waals surface area (Å²) in [6, 6.07) is 0. The van der Waals surface area contributed by atoms with Gasteiger partial charge < -0.3 is 5.11 Å². The Bertz CT molecular complexity index is 425. The van der Waals surface area contributed by atoms with Gasteiger partial charge in [0.2, 0.25) is 0 Å². The molecular formula is C12H20N4O2. The SMILES string of the molecule is CCC(C)(C(=O)O)n1nnnc1CC1CCCC1. The molecule has 1 N–H and O–H groups in total. The molecule has 0 bridgehead atoms. The predicted molar refractivity (Wildman–Crippen MR) is 65.1 cm³/mol. The molecule has 1 heterocycles. The number of aromatic nitrogens is 4. The van der Waals surface area contributed by atoms with Crippen LogP contribution in [0.1, 0.15) is 51.8 Å². The minimum Gasteiger partial charge on any atom is -0.479 e. The molecule has 0 spiro atoms. The summed E-state index contributed by atoms with van der Waals surface area (Å²) in [6.45, 7) is 3.51. The van der Waals surface area contributed by atoms with Gasteiger partial charge in [0.25, 0.3) is 0 Å². The minimum atomic E-state index is -1.04. The Kier molecular flexibility index (Phi) is 3.63. The van der Waals surface area contributed by atoms with E-state index >= 15 is 0 Å². The topological polar surface area (TPSA) is 80.9 Å². The lowest BCUT2D eigenvalue weighted by Gasteiger charge is -2.24. The summed E-state index contributed by atoms with van der Waals surface area (Å²) in [6.07, 6.45) is 6.17. The van der Waals surface area contributed by atoms with Crippen LogP contribution in [-0.4, -0.2) is 31.3 Å². The first-order chi connectivity index (χ1) is 8.58. The molecule has 6 nitrogen and oxygen atoms in total. The molecule has 0 aliphatic heterocycles. The Morgan fingerprint density at radius 1 is 1.50 bits per heavy atom. The smallest absolute Gasteiger partial charge is 0.331 e. The highest BCUT2D eigenvalue weighted by atomic mass is 16.4. The Labute approximate surface area is 106 Å². The largest absolute Gasteiger partial charge is 0.479 e. The lowest BCUT2D eigenvalue weighted by Crippen LogP contribution is -2.40. The van der Waals surface area contributed by atoms with E-state index in [0.717, 1.165) is 6.42 Å². The van der Waals surface area contributed by atoms with E-state index in [4.69, 9.17) is 0 Å². The van der Waals surface area contributed by atoms with E-state index < -0.39 is 11.5 Å². The number of carboxylic acids is 1. The molecule has 1 aliphatic rings. The summed E-state index contributed by atoms with van der Waals surface area (Å²) in [4.78, 5) is 11.4. The molecule has 6 heteroatoms. The fourth-order valence-corrected chi connectivity index (χ4v) is 2.58. The maximum absolute atomic E-state index is 11.4. The van der Waals surface area contributed by atoms with Gasteiger partial charge in [-0.3, -0.25) is 0 Å². The second-order valence-electron chi connectivity index (χ2n) is 5.29. The number of hydrogen-bond donors (Lipinski definition) is 1. The van der Waals surface area contributed by atoms with E-state index in [-0.39, 0.29) is 0 Å². The van der Waals surface area contributed by atoms with Crippen LogP contribution in [0.3, 0.4) is 0 Å². The van der Waals surface area contributed by atoms with Crippen molar-refractivity contribution in [1.82, 2.24) is 20.2 Å². The van der Waals surface area contributed by atoms with Crippen molar-refractivity contribution < 1.29 is 9.90 Å². The second kappa shape index (κ2) is 5.04. The van der Waals surface area contributed by atoms with Crippen molar-refractivity contribution in [3.63, 3.8) is 0 Å². The molecule has 0 radical (unpaired) electrons. The zero-order valence-corrected chi connectivity index (χ0v) is 11.0. The molecule has 0 amide bonds. The Morgan fingerprint density at radius 2 is 2.17 bits per heavy atom. The number of carboxylic acid groups (broad SMARTS) is 1. The highest BCUT2D eigenvalue weighted by Gasteiger charge is 2.37. The van der Waals surface area contributed by atoms with E-state index in [9.17, 15) is 9.90 Å². The molecule has 1 aliphatic carbocycles. The van der Waals surface area contributed by atoms with Gasteiger partial charge in [-0.15, -0.1) is 5.10 Å².